The van der Waals surface area contributed by atoms with Crippen LogP contribution in [0, 0.1) is 19.7 Å². The molecule has 2 aromatic carbocycles. The Morgan fingerprint density at radius 3 is 2.48 bits per heavy atom. The van der Waals surface area contributed by atoms with E-state index in [2.05, 4.69) is 13.0 Å². The van der Waals surface area contributed by atoms with Crippen LogP contribution in [-0.2, 0) is 6.42 Å². The highest BCUT2D eigenvalue weighted by Crippen LogP contribution is 2.27. The summed E-state index contributed by atoms with van der Waals surface area (Å²) < 4.78 is 19.4. The first kappa shape index (κ1) is 15.5. The van der Waals surface area contributed by atoms with Gasteiger partial charge >= 0.3 is 0 Å². The smallest absolute Gasteiger partial charge is 0.130 e. The molecule has 2 N–H and O–H groups in total. The number of nitrogens with two attached hydrogens (primary N) is 1. The van der Waals surface area contributed by atoms with Crippen molar-refractivity contribution in [2.24, 2.45) is 5.73 Å². The van der Waals surface area contributed by atoms with Crippen LogP contribution < -0.4 is 10.5 Å². The molecule has 0 aliphatic heterocycles. The summed E-state index contributed by atoms with van der Waals surface area (Å²) in [6.07, 6.45) is 1.75. The van der Waals surface area contributed by atoms with E-state index in [0.29, 0.717) is 11.3 Å². The molecule has 0 saturated heterocycles. The Balaban J connectivity index is 2.22. The molecule has 2 rings (SSSR count). The van der Waals surface area contributed by atoms with Crippen molar-refractivity contribution in [1.82, 2.24) is 0 Å². The van der Waals surface area contributed by atoms with Gasteiger partial charge in [0.2, 0.25) is 0 Å². The van der Waals surface area contributed by atoms with Gasteiger partial charge in [0.1, 0.15) is 17.3 Å². The van der Waals surface area contributed by atoms with E-state index in [4.69, 9.17) is 10.5 Å². The van der Waals surface area contributed by atoms with E-state index < -0.39 is 0 Å². The number of hydrogen-bond donors (Lipinski definition) is 1. The van der Waals surface area contributed by atoms with Gasteiger partial charge in [-0.05, 0) is 55.5 Å². The van der Waals surface area contributed by atoms with Gasteiger partial charge < -0.3 is 10.5 Å². The number of rotatable bonds is 5. The summed E-state index contributed by atoms with van der Waals surface area (Å²) >= 11 is 0. The molecule has 0 radical (unpaired) electrons. The molecular weight excluding hydrogens is 265 g/mol. The summed E-state index contributed by atoms with van der Waals surface area (Å²) in [5.74, 6) is 1.01. The Kier molecular flexibility index (Phi) is 4.97. The molecule has 0 spiro atoms. The van der Waals surface area contributed by atoms with Crippen molar-refractivity contribution in [3.05, 3.63) is 58.9 Å². The van der Waals surface area contributed by atoms with Crippen molar-refractivity contribution in [1.29, 1.82) is 0 Å². The van der Waals surface area contributed by atoms with Crippen molar-refractivity contribution in [3.63, 3.8) is 0 Å². The lowest BCUT2D eigenvalue weighted by Crippen LogP contribution is -2.21. The number of aryl methyl sites for hydroxylation is 2. The fraction of sp³-hybridized carbons (Fsp3) is 0.333. The lowest BCUT2D eigenvalue weighted by atomic mass is 10.0. The largest absolute Gasteiger partial charge is 0.457 e. The maximum absolute atomic E-state index is 13.6. The lowest BCUT2D eigenvalue weighted by molar-refractivity contribution is 0.471. The van der Waals surface area contributed by atoms with Crippen molar-refractivity contribution in [2.75, 3.05) is 0 Å². The van der Waals surface area contributed by atoms with Crippen LogP contribution in [0.4, 0.5) is 4.39 Å². The summed E-state index contributed by atoms with van der Waals surface area (Å²) in [6.45, 7) is 5.78. The molecule has 0 aliphatic rings. The van der Waals surface area contributed by atoms with Gasteiger partial charge in [-0.15, -0.1) is 0 Å². The van der Waals surface area contributed by atoms with E-state index >= 15 is 0 Å². The number of hydrogen-bond acceptors (Lipinski definition) is 2. The van der Waals surface area contributed by atoms with E-state index in [1.165, 1.54) is 6.07 Å². The van der Waals surface area contributed by atoms with E-state index in [1.807, 2.05) is 19.1 Å². The zero-order valence-corrected chi connectivity index (χ0v) is 12.8. The molecule has 112 valence electrons. The van der Waals surface area contributed by atoms with Crippen molar-refractivity contribution in [2.45, 2.75) is 39.7 Å². The monoisotopic (exact) mass is 287 g/mol. The number of halogens is 1. The van der Waals surface area contributed by atoms with Crippen molar-refractivity contribution in [3.8, 4) is 11.5 Å². The maximum Gasteiger partial charge on any atom is 0.130 e. The first-order valence-corrected chi connectivity index (χ1v) is 7.28. The highest BCUT2D eigenvalue weighted by molar-refractivity contribution is 5.41. The first-order chi connectivity index (χ1) is 9.99. The molecular formula is C18H22FNO. The quantitative estimate of drug-likeness (QED) is 0.877. The zero-order valence-electron chi connectivity index (χ0n) is 12.8. The second-order valence-corrected chi connectivity index (χ2v) is 5.49. The molecule has 0 aromatic heterocycles. The summed E-state index contributed by atoms with van der Waals surface area (Å²) in [4.78, 5) is 0. The number of benzene rings is 2. The third-order valence-electron chi connectivity index (χ3n) is 3.65. The zero-order chi connectivity index (χ0) is 15.4. The van der Waals surface area contributed by atoms with Crippen LogP contribution in [0.5, 0.6) is 11.5 Å². The molecule has 0 bridgehead atoms. The van der Waals surface area contributed by atoms with Crippen LogP contribution in [0.15, 0.2) is 36.4 Å². The minimum absolute atomic E-state index is 0.150. The van der Waals surface area contributed by atoms with Gasteiger partial charge in [0.25, 0.3) is 0 Å². The normalized spacial score (nSPS) is 12.2. The molecule has 3 heteroatoms. The lowest BCUT2D eigenvalue weighted by Gasteiger charge is -2.13. The van der Waals surface area contributed by atoms with Crippen LogP contribution >= 0.6 is 0 Å². The second-order valence-electron chi connectivity index (χ2n) is 5.49. The van der Waals surface area contributed by atoms with E-state index in [9.17, 15) is 4.39 Å². The van der Waals surface area contributed by atoms with Crippen LogP contribution in [0.25, 0.3) is 0 Å². The third kappa shape index (κ3) is 4.05. The fourth-order valence-electron chi connectivity index (χ4n) is 2.09. The van der Waals surface area contributed by atoms with Gasteiger partial charge in [0.05, 0.1) is 0 Å². The van der Waals surface area contributed by atoms with E-state index in [0.717, 1.165) is 29.7 Å². The highest BCUT2D eigenvalue weighted by atomic mass is 19.1. The SMILES string of the molecule is CCC(N)Cc1ccc(C)c(Oc2ccc(C)c(F)c2)c1. The fourth-order valence-corrected chi connectivity index (χ4v) is 2.09. The Labute approximate surface area is 125 Å². The van der Waals surface area contributed by atoms with Crippen LogP contribution in [0.3, 0.4) is 0 Å². The van der Waals surface area contributed by atoms with Gasteiger partial charge in [-0.1, -0.05) is 25.1 Å². The standard InChI is InChI=1S/C18H22FNO/c1-4-15(20)9-14-7-5-13(3)18(10-14)21-16-8-6-12(2)17(19)11-16/h5-8,10-11,15H,4,9,20H2,1-3H3. The summed E-state index contributed by atoms with van der Waals surface area (Å²) in [5.41, 5.74) is 8.76. The molecule has 0 fully saturated rings. The average Bonchev–Trinajstić information content (AvgIpc) is 2.46. The highest BCUT2D eigenvalue weighted by Gasteiger charge is 2.07. The predicted octanol–water partition coefficient (Wildman–Crippen LogP) is 4.51. The average molecular weight is 287 g/mol. The molecule has 0 heterocycles. The molecule has 21 heavy (non-hydrogen) atoms. The van der Waals surface area contributed by atoms with E-state index in [1.54, 1.807) is 19.1 Å². The van der Waals surface area contributed by atoms with Gasteiger partial charge in [0, 0.05) is 12.1 Å². The Hall–Kier alpha value is -1.87. The predicted molar refractivity (Wildman–Crippen MR) is 84.4 cm³/mol. The topological polar surface area (TPSA) is 35.2 Å². The number of ether oxygens (including phenoxy) is 1. The van der Waals surface area contributed by atoms with Crippen LogP contribution in [0.1, 0.15) is 30.0 Å². The minimum atomic E-state index is -0.255. The first-order valence-electron chi connectivity index (χ1n) is 7.28. The Morgan fingerprint density at radius 2 is 1.81 bits per heavy atom. The van der Waals surface area contributed by atoms with Gasteiger partial charge in [-0.25, -0.2) is 4.39 Å². The summed E-state index contributed by atoms with van der Waals surface area (Å²) in [5, 5.41) is 0. The molecule has 1 unspecified atom stereocenters. The molecule has 1 atom stereocenters. The van der Waals surface area contributed by atoms with Gasteiger partial charge in [-0.2, -0.15) is 0 Å². The molecule has 2 nitrogen and oxygen atoms in total. The van der Waals surface area contributed by atoms with Gasteiger partial charge in [-0.3, -0.25) is 0 Å². The molecule has 0 amide bonds. The molecule has 2 aromatic rings. The molecule has 0 saturated carbocycles. The minimum Gasteiger partial charge on any atom is -0.457 e. The Bertz CT molecular complexity index is 625. The van der Waals surface area contributed by atoms with Crippen LogP contribution in [-0.4, -0.2) is 6.04 Å². The van der Waals surface area contributed by atoms with Crippen molar-refractivity contribution < 1.29 is 9.13 Å². The Morgan fingerprint density at radius 1 is 1.10 bits per heavy atom. The molecule has 0 aliphatic carbocycles. The summed E-state index contributed by atoms with van der Waals surface area (Å²) in [7, 11) is 0. The van der Waals surface area contributed by atoms with Crippen LogP contribution in [0.2, 0.25) is 0 Å². The van der Waals surface area contributed by atoms with E-state index in [-0.39, 0.29) is 11.9 Å². The van der Waals surface area contributed by atoms with Crippen molar-refractivity contribution >= 4 is 0 Å². The van der Waals surface area contributed by atoms with Gasteiger partial charge in [0.15, 0.2) is 0 Å². The maximum atomic E-state index is 13.6. The summed E-state index contributed by atoms with van der Waals surface area (Å²) in [6, 6.07) is 11.1. The second kappa shape index (κ2) is 6.72. The third-order valence-corrected chi connectivity index (χ3v) is 3.65.